The summed E-state index contributed by atoms with van der Waals surface area (Å²) in [5, 5.41) is 4.47. The lowest BCUT2D eigenvalue weighted by atomic mass is 9.92. The van der Waals surface area contributed by atoms with E-state index in [1.807, 2.05) is 17.0 Å². The van der Waals surface area contributed by atoms with Gasteiger partial charge in [0.1, 0.15) is 0 Å². The number of likely N-dealkylation sites (tertiary alicyclic amines) is 1. The molecule has 3 heteroatoms. The smallest absolute Gasteiger partial charge is 0.0805 e. The predicted octanol–water partition coefficient (Wildman–Crippen LogP) is 3.01. The van der Waals surface area contributed by atoms with Crippen LogP contribution in [0.1, 0.15) is 25.7 Å². The van der Waals surface area contributed by atoms with Gasteiger partial charge < -0.3 is 10.2 Å². The Kier molecular flexibility index (Phi) is 4.15. The Labute approximate surface area is 138 Å². The van der Waals surface area contributed by atoms with Crippen molar-refractivity contribution in [3.63, 3.8) is 0 Å². The van der Waals surface area contributed by atoms with E-state index in [0.717, 1.165) is 28.5 Å². The van der Waals surface area contributed by atoms with Gasteiger partial charge in [-0.1, -0.05) is 35.9 Å². The highest BCUT2D eigenvalue weighted by molar-refractivity contribution is 6.33. The van der Waals surface area contributed by atoms with Crippen LogP contribution in [0.4, 0.5) is 5.69 Å². The number of anilines is 1. The van der Waals surface area contributed by atoms with E-state index in [1.54, 1.807) is 0 Å². The van der Waals surface area contributed by atoms with Crippen LogP contribution in [0.5, 0.6) is 0 Å². The lowest BCUT2D eigenvalue weighted by molar-refractivity contribution is -0.908. The van der Waals surface area contributed by atoms with Gasteiger partial charge in [0.2, 0.25) is 0 Å². The molecular weight excluding hydrogens is 292 g/mol. The van der Waals surface area contributed by atoms with E-state index in [0.29, 0.717) is 6.04 Å². The third-order valence-corrected chi connectivity index (χ3v) is 6.22. The highest BCUT2D eigenvalue weighted by Crippen LogP contribution is 2.42. The number of piperidine rings is 1. The fraction of sp³-hybridized carbons (Fsp3) is 0.579. The van der Waals surface area contributed by atoms with Crippen molar-refractivity contribution in [2.75, 3.05) is 25.0 Å². The highest BCUT2D eigenvalue weighted by Gasteiger charge is 2.38. The molecule has 1 aromatic carbocycles. The molecule has 3 atom stereocenters. The average Bonchev–Trinajstić information content (AvgIpc) is 3.14. The van der Waals surface area contributed by atoms with Crippen molar-refractivity contribution in [1.29, 1.82) is 0 Å². The number of quaternary nitrogens is 1. The zero-order chi connectivity index (χ0) is 14.9. The molecule has 0 unspecified atom stereocenters. The van der Waals surface area contributed by atoms with Gasteiger partial charge in [0.05, 0.1) is 30.3 Å². The van der Waals surface area contributed by atoms with Gasteiger partial charge in [-0.2, -0.15) is 0 Å². The summed E-state index contributed by atoms with van der Waals surface area (Å²) in [6, 6.07) is 8.68. The molecule has 2 bridgehead atoms. The van der Waals surface area contributed by atoms with Gasteiger partial charge in [-0.25, -0.2) is 0 Å². The highest BCUT2D eigenvalue weighted by atomic mass is 35.5. The van der Waals surface area contributed by atoms with Crippen LogP contribution in [0.15, 0.2) is 36.4 Å². The van der Waals surface area contributed by atoms with E-state index >= 15 is 0 Å². The van der Waals surface area contributed by atoms with Crippen LogP contribution < -0.4 is 10.2 Å². The summed E-state index contributed by atoms with van der Waals surface area (Å²) < 4.78 is 0. The molecule has 1 heterocycles. The Hall–Kier alpha value is -0.990. The van der Waals surface area contributed by atoms with Gasteiger partial charge in [-0.3, -0.25) is 0 Å². The number of hydrogen-bond acceptors (Lipinski definition) is 1. The van der Waals surface area contributed by atoms with Crippen LogP contribution in [-0.2, 0) is 0 Å². The first-order chi connectivity index (χ1) is 10.8. The molecule has 22 heavy (non-hydrogen) atoms. The quantitative estimate of drug-likeness (QED) is 0.816. The Morgan fingerprint density at radius 3 is 2.59 bits per heavy atom. The molecule has 0 aromatic heterocycles. The summed E-state index contributed by atoms with van der Waals surface area (Å²) >= 11 is 6.25. The molecule has 3 aliphatic rings. The van der Waals surface area contributed by atoms with Crippen LogP contribution in [0, 0.1) is 17.8 Å². The standard InChI is InChI=1S/C19H25ClN2/c20-18-3-1-2-4-19(18)21-17-7-9-22(10-8-17)13-16-12-14-5-6-15(16)11-14/h1-6,14-17,21H,7-13H2/p+1/t14-,15+,16+/m1/s1. The number of halogens is 1. The van der Waals surface area contributed by atoms with Gasteiger partial charge >= 0.3 is 0 Å². The molecule has 1 aromatic rings. The summed E-state index contributed by atoms with van der Waals surface area (Å²) in [7, 11) is 0. The number of allylic oxidation sites excluding steroid dienone is 2. The van der Waals surface area contributed by atoms with Gasteiger partial charge in [0, 0.05) is 24.8 Å². The number of fused-ring (bicyclic) bond motifs is 2. The molecule has 1 saturated heterocycles. The molecule has 4 rings (SSSR count). The molecule has 0 spiro atoms. The van der Waals surface area contributed by atoms with E-state index in [-0.39, 0.29) is 0 Å². The third kappa shape index (κ3) is 3.04. The second kappa shape index (κ2) is 6.25. The number of nitrogens with one attached hydrogen (secondary N) is 2. The molecule has 0 radical (unpaired) electrons. The van der Waals surface area contributed by atoms with Crippen LogP contribution >= 0.6 is 11.6 Å². The normalized spacial score (nSPS) is 36.7. The predicted molar refractivity (Wildman–Crippen MR) is 92.5 cm³/mol. The van der Waals surface area contributed by atoms with Crippen molar-refractivity contribution in [3.05, 3.63) is 41.4 Å². The first kappa shape index (κ1) is 14.6. The molecule has 1 aliphatic heterocycles. The molecule has 2 fully saturated rings. The van der Waals surface area contributed by atoms with Gasteiger partial charge in [-0.15, -0.1) is 0 Å². The fourth-order valence-electron chi connectivity index (χ4n) is 4.67. The second-order valence-electron chi connectivity index (χ2n) is 7.39. The largest absolute Gasteiger partial charge is 0.381 e. The second-order valence-corrected chi connectivity index (χ2v) is 7.80. The van der Waals surface area contributed by atoms with Crippen molar-refractivity contribution in [3.8, 4) is 0 Å². The molecule has 2 aliphatic carbocycles. The third-order valence-electron chi connectivity index (χ3n) is 5.89. The van der Waals surface area contributed by atoms with Crippen molar-refractivity contribution in [1.82, 2.24) is 0 Å². The maximum atomic E-state index is 6.25. The Bertz CT molecular complexity index is 548. The minimum atomic E-state index is 0.587. The number of benzene rings is 1. The minimum absolute atomic E-state index is 0.587. The Morgan fingerprint density at radius 2 is 1.91 bits per heavy atom. The SMILES string of the molecule is Clc1ccccc1NC1CC[NH+](C[C@@H]2C[C@@H]3C=C[C@H]2C3)CC1. The summed E-state index contributed by atoms with van der Waals surface area (Å²) in [6.07, 6.45) is 10.4. The van der Waals surface area contributed by atoms with E-state index in [9.17, 15) is 0 Å². The lowest BCUT2D eigenvalue weighted by Crippen LogP contribution is -3.14. The molecule has 0 amide bonds. The molecule has 118 valence electrons. The van der Waals surface area contributed by atoms with Gasteiger partial charge in [0.25, 0.3) is 0 Å². The minimum Gasteiger partial charge on any atom is -0.381 e. The number of para-hydroxylation sites is 1. The topological polar surface area (TPSA) is 16.5 Å². The monoisotopic (exact) mass is 317 g/mol. The van der Waals surface area contributed by atoms with E-state index in [4.69, 9.17) is 11.6 Å². The first-order valence-corrected chi connectivity index (χ1v) is 9.18. The van der Waals surface area contributed by atoms with Gasteiger partial charge in [0.15, 0.2) is 0 Å². The van der Waals surface area contributed by atoms with Crippen LogP contribution in [0.3, 0.4) is 0 Å². The first-order valence-electron chi connectivity index (χ1n) is 8.81. The zero-order valence-corrected chi connectivity index (χ0v) is 13.9. The summed E-state index contributed by atoms with van der Waals surface area (Å²) in [6.45, 7) is 4.00. The average molecular weight is 318 g/mol. The maximum absolute atomic E-state index is 6.25. The number of hydrogen-bond donors (Lipinski definition) is 2. The van der Waals surface area contributed by atoms with Crippen LogP contribution in [0.2, 0.25) is 5.02 Å². The van der Waals surface area contributed by atoms with Crippen molar-refractivity contribution in [2.24, 2.45) is 17.8 Å². The van der Waals surface area contributed by atoms with Gasteiger partial charge in [-0.05, 0) is 36.8 Å². The molecule has 1 saturated carbocycles. The Balaban J connectivity index is 1.26. The molecular formula is C19H26ClN2+. The van der Waals surface area contributed by atoms with E-state index in [2.05, 4.69) is 29.6 Å². The summed E-state index contributed by atoms with van der Waals surface area (Å²) in [4.78, 5) is 1.82. The summed E-state index contributed by atoms with van der Waals surface area (Å²) in [5.74, 6) is 2.77. The Morgan fingerprint density at radius 1 is 1.09 bits per heavy atom. The maximum Gasteiger partial charge on any atom is 0.0805 e. The van der Waals surface area contributed by atoms with Crippen molar-refractivity contribution < 1.29 is 4.90 Å². The fourth-order valence-corrected chi connectivity index (χ4v) is 4.86. The van der Waals surface area contributed by atoms with Crippen LogP contribution in [-0.4, -0.2) is 25.7 Å². The summed E-state index contributed by atoms with van der Waals surface area (Å²) in [5.41, 5.74) is 1.09. The zero-order valence-electron chi connectivity index (χ0n) is 13.1. The van der Waals surface area contributed by atoms with Crippen molar-refractivity contribution in [2.45, 2.75) is 31.7 Å². The van der Waals surface area contributed by atoms with Crippen molar-refractivity contribution >= 4 is 17.3 Å². The van der Waals surface area contributed by atoms with E-state index in [1.165, 1.54) is 45.3 Å². The molecule has 2 N–H and O–H groups in total. The molecule has 2 nitrogen and oxygen atoms in total. The van der Waals surface area contributed by atoms with Crippen LogP contribution in [0.25, 0.3) is 0 Å². The lowest BCUT2D eigenvalue weighted by Gasteiger charge is -2.33. The van der Waals surface area contributed by atoms with E-state index < -0.39 is 0 Å². The number of rotatable bonds is 4.